The second kappa shape index (κ2) is 8.14. The topological polar surface area (TPSA) is 90.5 Å². The van der Waals surface area contributed by atoms with E-state index in [-0.39, 0.29) is 24.1 Å². The minimum atomic E-state index is -0.242. The lowest BCUT2D eigenvalue weighted by atomic mass is 9.81. The van der Waals surface area contributed by atoms with E-state index in [1.165, 1.54) is 11.3 Å². The standard InChI is InChI=1S/C26H20N2O5S/c1-31-17-5-2-14(3-6-17)16-8-20-18(22(29)9-16)11-19(25(30)27-20)26-28-21(12-34-26)15-4-7-23-24(10-15)33-13-32-23/h2-7,10-12,16H,8-9,13H2,1H3,(H,27,30). The number of ether oxygens (including phenoxy) is 3. The van der Waals surface area contributed by atoms with Crippen LogP contribution in [0.5, 0.6) is 17.2 Å². The van der Waals surface area contributed by atoms with Gasteiger partial charge in [-0.1, -0.05) is 12.1 Å². The molecule has 170 valence electrons. The first-order chi connectivity index (χ1) is 16.6. The van der Waals surface area contributed by atoms with Crippen LogP contribution in [0, 0.1) is 0 Å². The average Bonchev–Trinajstić information content (AvgIpc) is 3.53. The molecule has 6 rings (SSSR count). The molecule has 0 radical (unpaired) electrons. The van der Waals surface area contributed by atoms with Crippen molar-refractivity contribution in [2.45, 2.75) is 18.8 Å². The molecule has 3 heterocycles. The number of aromatic nitrogens is 2. The number of Topliss-reactive ketones (excluding diaryl/α,β-unsaturated/α-hetero) is 1. The highest BCUT2D eigenvalue weighted by Gasteiger charge is 2.28. The summed E-state index contributed by atoms with van der Waals surface area (Å²) in [7, 11) is 1.62. The van der Waals surface area contributed by atoms with Gasteiger partial charge in [0.1, 0.15) is 10.8 Å². The van der Waals surface area contributed by atoms with Crippen molar-refractivity contribution < 1.29 is 19.0 Å². The maximum absolute atomic E-state index is 13.0. The molecule has 0 bridgehead atoms. The molecule has 1 aliphatic carbocycles. The molecule has 0 spiro atoms. The summed E-state index contributed by atoms with van der Waals surface area (Å²) < 4.78 is 16.0. The lowest BCUT2D eigenvalue weighted by Crippen LogP contribution is -2.24. The van der Waals surface area contributed by atoms with Crippen LogP contribution >= 0.6 is 11.3 Å². The Hall–Kier alpha value is -3.91. The summed E-state index contributed by atoms with van der Waals surface area (Å²) >= 11 is 1.37. The number of nitrogens with zero attached hydrogens (tertiary/aromatic N) is 1. The van der Waals surface area contributed by atoms with Gasteiger partial charge in [-0.2, -0.15) is 0 Å². The summed E-state index contributed by atoms with van der Waals surface area (Å²) in [6.45, 7) is 0.207. The molecular formula is C26H20N2O5S. The molecular weight excluding hydrogens is 452 g/mol. The van der Waals surface area contributed by atoms with Gasteiger partial charge in [-0.3, -0.25) is 9.59 Å². The van der Waals surface area contributed by atoms with E-state index in [9.17, 15) is 9.59 Å². The van der Waals surface area contributed by atoms with E-state index in [0.717, 1.165) is 22.6 Å². The van der Waals surface area contributed by atoms with Crippen molar-refractivity contribution in [3.63, 3.8) is 0 Å². The highest BCUT2D eigenvalue weighted by atomic mass is 32.1. The summed E-state index contributed by atoms with van der Waals surface area (Å²) in [5.74, 6) is 2.19. The van der Waals surface area contributed by atoms with Crippen LogP contribution in [0.25, 0.3) is 21.8 Å². The van der Waals surface area contributed by atoms with Crippen LogP contribution < -0.4 is 19.8 Å². The monoisotopic (exact) mass is 472 g/mol. The van der Waals surface area contributed by atoms with Crippen LogP contribution in [0.3, 0.4) is 0 Å². The van der Waals surface area contributed by atoms with Gasteiger partial charge in [-0.25, -0.2) is 4.98 Å². The zero-order valence-electron chi connectivity index (χ0n) is 18.3. The number of H-pyrrole nitrogens is 1. The number of pyridine rings is 1. The Morgan fingerprint density at radius 3 is 2.65 bits per heavy atom. The van der Waals surface area contributed by atoms with Gasteiger partial charge in [0.15, 0.2) is 17.3 Å². The normalized spacial score (nSPS) is 16.4. The number of fused-ring (bicyclic) bond motifs is 2. The Kier molecular flexibility index (Phi) is 4.95. The SMILES string of the molecule is COc1ccc(C2CC(=O)c3cc(-c4nc(-c5ccc6c(c5)OCO6)cs4)c(=O)[nH]c3C2)cc1. The summed E-state index contributed by atoms with van der Waals surface area (Å²) in [4.78, 5) is 33.6. The molecule has 1 atom stereocenters. The van der Waals surface area contributed by atoms with Crippen LogP contribution in [0.4, 0.5) is 0 Å². The molecule has 1 unspecified atom stereocenters. The number of aromatic amines is 1. The van der Waals surface area contributed by atoms with E-state index in [4.69, 9.17) is 14.2 Å². The van der Waals surface area contributed by atoms with Gasteiger partial charge in [0.2, 0.25) is 6.79 Å². The fourth-order valence-corrected chi connectivity index (χ4v) is 5.33. The third kappa shape index (κ3) is 3.56. The van der Waals surface area contributed by atoms with Gasteiger partial charge >= 0.3 is 0 Å². The number of ketones is 1. The number of methoxy groups -OCH3 is 1. The Balaban J connectivity index is 1.30. The first-order valence-corrected chi connectivity index (χ1v) is 11.8. The van der Waals surface area contributed by atoms with Crippen molar-refractivity contribution in [1.82, 2.24) is 9.97 Å². The van der Waals surface area contributed by atoms with E-state index in [1.54, 1.807) is 13.2 Å². The van der Waals surface area contributed by atoms with Crippen molar-refractivity contribution in [2.24, 2.45) is 0 Å². The van der Waals surface area contributed by atoms with Gasteiger partial charge in [0.05, 0.1) is 18.4 Å². The summed E-state index contributed by atoms with van der Waals surface area (Å²) in [6, 6.07) is 15.1. The van der Waals surface area contributed by atoms with Gasteiger partial charge in [-0.15, -0.1) is 11.3 Å². The number of thiazole rings is 1. The zero-order chi connectivity index (χ0) is 23.2. The van der Waals surface area contributed by atoms with Gasteiger partial charge in [-0.05, 0) is 54.3 Å². The fourth-order valence-electron chi connectivity index (χ4n) is 4.49. The van der Waals surface area contributed by atoms with Gasteiger partial charge in [0, 0.05) is 28.6 Å². The highest BCUT2D eigenvalue weighted by molar-refractivity contribution is 7.13. The van der Waals surface area contributed by atoms with Crippen LogP contribution in [0.1, 0.15) is 34.0 Å². The van der Waals surface area contributed by atoms with Crippen molar-refractivity contribution in [3.8, 4) is 39.1 Å². The molecule has 1 N–H and O–H groups in total. The van der Waals surface area contributed by atoms with Crippen LogP contribution in [-0.4, -0.2) is 29.7 Å². The Morgan fingerprint density at radius 1 is 1.00 bits per heavy atom. The Morgan fingerprint density at radius 2 is 1.82 bits per heavy atom. The quantitative estimate of drug-likeness (QED) is 0.458. The minimum Gasteiger partial charge on any atom is -0.497 e. The van der Waals surface area contributed by atoms with Crippen molar-refractivity contribution in [3.05, 3.63) is 81.1 Å². The number of rotatable bonds is 4. The van der Waals surface area contributed by atoms with E-state index in [2.05, 4.69) is 9.97 Å². The van der Waals surface area contributed by atoms with E-state index in [1.807, 2.05) is 47.8 Å². The van der Waals surface area contributed by atoms with Gasteiger partial charge < -0.3 is 19.2 Å². The molecule has 0 amide bonds. The molecule has 0 saturated carbocycles. The number of carbonyl (C=O) groups is 1. The highest BCUT2D eigenvalue weighted by Crippen LogP contribution is 2.38. The average molecular weight is 473 g/mol. The Labute approximate surface area is 199 Å². The maximum atomic E-state index is 13.0. The third-order valence-corrected chi connectivity index (χ3v) is 7.17. The number of hydrogen-bond acceptors (Lipinski definition) is 7. The second-order valence-corrected chi connectivity index (χ2v) is 9.17. The van der Waals surface area contributed by atoms with Crippen LogP contribution in [0.2, 0.25) is 0 Å². The molecule has 8 heteroatoms. The molecule has 0 fully saturated rings. The lowest BCUT2D eigenvalue weighted by molar-refractivity contribution is 0.0963. The molecule has 1 aliphatic heterocycles. The molecule has 0 saturated heterocycles. The number of benzene rings is 2. The van der Waals surface area contributed by atoms with E-state index in [0.29, 0.717) is 46.2 Å². The molecule has 2 aromatic carbocycles. The third-order valence-electron chi connectivity index (χ3n) is 6.30. The van der Waals surface area contributed by atoms with Crippen molar-refractivity contribution in [2.75, 3.05) is 13.9 Å². The molecule has 2 aromatic heterocycles. The Bertz CT molecular complexity index is 1470. The largest absolute Gasteiger partial charge is 0.497 e. The second-order valence-electron chi connectivity index (χ2n) is 8.31. The zero-order valence-corrected chi connectivity index (χ0v) is 19.1. The first kappa shape index (κ1) is 20.7. The van der Waals surface area contributed by atoms with Crippen LogP contribution in [-0.2, 0) is 6.42 Å². The summed E-state index contributed by atoms with van der Waals surface area (Å²) in [5, 5.41) is 2.47. The summed E-state index contributed by atoms with van der Waals surface area (Å²) in [6.07, 6.45) is 0.994. The number of nitrogens with one attached hydrogen (secondary N) is 1. The van der Waals surface area contributed by atoms with E-state index < -0.39 is 0 Å². The molecule has 34 heavy (non-hydrogen) atoms. The molecule has 7 nitrogen and oxygen atoms in total. The maximum Gasteiger partial charge on any atom is 0.258 e. The molecule has 4 aromatic rings. The van der Waals surface area contributed by atoms with Crippen molar-refractivity contribution in [1.29, 1.82) is 0 Å². The number of carbonyl (C=O) groups excluding carboxylic acids is 1. The number of hydrogen-bond donors (Lipinski definition) is 1. The predicted molar refractivity (Wildman–Crippen MR) is 128 cm³/mol. The minimum absolute atomic E-state index is 0.0184. The van der Waals surface area contributed by atoms with Gasteiger partial charge in [0.25, 0.3) is 5.56 Å². The fraction of sp³-hybridized carbons (Fsp3) is 0.192. The van der Waals surface area contributed by atoms with Crippen molar-refractivity contribution >= 4 is 17.1 Å². The van der Waals surface area contributed by atoms with Crippen LogP contribution in [0.15, 0.2) is 58.7 Å². The predicted octanol–water partition coefficient (Wildman–Crippen LogP) is 4.82. The summed E-state index contributed by atoms with van der Waals surface area (Å²) in [5.41, 5.74) is 4.08. The smallest absolute Gasteiger partial charge is 0.258 e. The lowest BCUT2D eigenvalue weighted by Gasteiger charge is -2.24. The first-order valence-electron chi connectivity index (χ1n) is 10.9. The van der Waals surface area contributed by atoms with E-state index >= 15 is 0 Å². The molecule has 2 aliphatic rings.